The van der Waals surface area contributed by atoms with E-state index in [1.807, 2.05) is 0 Å². The van der Waals surface area contributed by atoms with Crippen molar-refractivity contribution in [3.8, 4) is 0 Å². The van der Waals surface area contributed by atoms with E-state index in [1.165, 1.54) is 45.1 Å². The van der Waals surface area contributed by atoms with E-state index in [0.29, 0.717) is 6.04 Å². The van der Waals surface area contributed by atoms with E-state index in [9.17, 15) is 0 Å². The maximum absolute atomic E-state index is 6.15. The molecule has 2 N–H and O–H groups in total. The highest BCUT2D eigenvalue weighted by Gasteiger charge is 2.28. The van der Waals surface area contributed by atoms with E-state index in [0.717, 1.165) is 18.0 Å². The van der Waals surface area contributed by atoms with E-state index in [2.05, 4.69) is 32.6 Å². The Morgan fingerprint density at radius 1 is 1.18 bits per heavy atom. The van der Waals surface area contributed by atoms with Gasteiger partial charge in [-0.25, -0.2) is 0 Å². The summed E-state index contributed by atoms with van der Waals surface area (Å²) in [6.07, 6.45) is 7.67. The van der Waals surface area contributed by atoms with Gasteiger partial charge >= 0.3 is 0 Å². The molecule has 0 spiro atoms. The average molecular weight is 240 g/mol. The van der Waals surface area contributed by atoms with Crippen molar-refractivity contribution in [2.75, 3.05) is 6.54 Å². The van der Waals surface area contributed by atoms with Gasteiger partial charge in [-0.05, 0) is 38.0 Å². The molecule has 0 radical (unpaired) electrons. The molecule has 17 heavy (non-hydrogen) atoms. The quantitative estimate of drug-likeness (QED) is 0.771. The summed E-state index contributed by atoms with van der Waals surface area (Å²) in [6.45, 7) is 10.6. The summed E-state index contributed by atoms with van der Waals surface area (Å²) < 4.78 is 0. The van der Waals surface area contributed by atoms with Gasteiger partial charge in [0, 0.05) is 24.7 Å². The highest BCUT2D eigenvalue weighted by atomic mass is 15.2. The van der Waals surface area contributed by atoms with E-state index >= 15 is 0 Å². The Bertz CT molecular complexity index is 199. The lowest BCUT2D eigenvalue weighted by Gasteiger charge is -2.42. The van der Waals surface area contributed by atoms with Gasteiger partial charge in [0.25, 0.3) is 0 Å². The van der Waals surface area contributed by atoms with Crippen LogP contribution in [0.25, 0.3) is 0 Å². The minimum absolute atomic E-state index is 0.442. The number of rotatable bonds is 6. The smallest absolute Gasteiger partial charge is 0.0113 e. The third-order valence-electron chi connectivity index (χ3n) is 4.14. The van der Waals surface area contributed by atoms with E-state index in [-0.39, 0.29) is 0 Å². The third-order valence-corrected chi connectivity index (χ3v) is 4.14. The van der Waals surface area contributed by atoms with Gasteiger partial charge in [0.05, 0.1) is 0 Å². The molecule has 2 nitrogen and oxygen atoms in total. The summed E-state index contributed by atoms with van der Waals surface area (Å²) in [4.78, 5) is 2.77. The predicted molar refractivity (Wildman–Crippen MR) is 76.1 cm³/mol. The Morgan fingerprint density at radius 2 is 1.82 bits per heavy atom. The molecule has 102 valence electrons. The van der Waals surface area contributed by atoms with Crippen LogP contribution in [-0.2, 0) is 0 Å². The van der Waals surface area contributed by atoms with Crippen LogP contribution < -0.4 is 5.73 Å². The summed E-state index contributed by atoms with van der Waals surface area (Å²) in [5.74, 6) is 0.758. The minimum Gasteiger partial charge on any atom is -0.328 e. The fourth-order valence-electron chi connectivity index (χ4n) is 3.28. The zero-order valence-electron chi connectivity index (χ0n) is 12.3. The Balaban J connectivity index is 2.66. The topological polar surface area (TPSA) is 29.3 Å². The van der Waals surface area contributed by atoms with Crippen molar-refractivity contribution in [1.82, 2.24) is 4.90 Å². The van der Waals surface area contributed by atoms with E-state index in [1.54, 1.807) is 0 Å². The number of hydrogen-bond acceptors (Lipinski definition) is 2. The van der Waals surface area contributed by atoms with Crippen molar-refractivity contribution in [2.45, 2.75) is 84.3 Å². The second-order valence-electron chi connectivity index (χ2n) is 6.14. The summed E-state index contributed by atoms with van der Waals surface area (Å²) in [6, 6.07) is 1.94. The monoisotopic (exact) mass is 240 g/mol. The molecule has 0 aromatic heterocycles. The Labute approximate surface area is 108 Å². The second-order valence-corrected chi connectivity index (χ2v) is 6.14. The first-order chi connectivity index (χ1) is 8.08. The Morgan fingerprint density at radius 3 is 2.29 bits per heavy atom. The normalized spacial score (nSPS) is 26.1. The van der Waals surface area contributed by atoms with Crippen LogP contribution in [0.4, 0.5) is 0 Å². The molecule has 0 saturated heterocycles. The molecule has 0 aliphatic heterocycles. The SMILES string of the molecule is CCC(CC)N(CC(C)C)C1CCCC(N)C1. The zero-order chi connectivity index (χ0) is 12.8. The van der Waals surface area contributed by atoms with Crippen molar-refractivity contribution in [1.29, 1.82) is 0 Å². The maximum atomic E-state index is 6.15. The van der Waals surface area contributed by atoms with Gasteiger partial charge in [-0.15, -0.1) is 0 Å². The van der Waals surface area contributed by atoms with E-state index in [4.69, 9.17) is 5.73 Å². The highest BCUT2D eigenvalue weighted by Crippen LogP contribution is 2.26. The highest BCUT2D eigenvalue weighted by molar-refractivity contribution is 4.85. The van der Waals surface area contributed by atoms with Crippen LogP contribution >= 0.6 is 0 Å². The molecule has 1 saturated carbocycles. The van der Waals surface area contributed by atoms with Gasteiger partial charge in [0.2, 0.25) is 0 Å². The molecule has 2 unspecified atom stereocenters. The third kappa shape index (κ3) is 4.59. The molecule has 1 aliphatic carbocycles. The first-order valence-electron chi connectivity index (χ1n) is 7.59. The molecule has 1 fully saturated rings. The summed E-state index contributed by atoms with van der Waals surface area (Å²) in [5, 5.41) is 0. The van der Waals surface area contributed by atoms with Crippen LogP contribution in [0, 0.1) is 5.92 Å². The predicted octanol–water partition coefficient (Wildman–Crippen LogP) is 3.40. The molecule has 1 aliphatic rings. The molecule has 2 atom stereocenters. The van der Waals surface area contributed by atoms with Crippen LogP contribution in [0.15, 0.2) is 0 Å². The first-order valence-corrected chi connectivity index (χ1v) is 7.59. The molecule has 1 rings (SSSR count). The van der Waals surface area contributed by atoms with Crippen molar-refractivity contribution in [3.63, 3.8) is 0 Å². The van der Waals surface area contributed by atoms with Crippen molar-refractivity contribution < 1.29 is 0 Å². The largest absolute Gasteiger partial charge is 0.328 e. The fraction of sp³-hybridized carbons (Fsp3) is 1.00. The molecule has 0 aromatic rings. The van der Waals surface area contributed by atoms with Crippen LogP contribution in [-0.4, -0.2) is 29.6 Å². The van der Waals surface area contributed by atoms with Gasteiger partial charge in [0.15, 0.2) is 0 Å². The molecule has 0 heterocycles. The molecule has 0 bridgehead atoms. The summed E-state index contributed by atoms with van der Waals surface area (Å²) in [5.41, 5.74) is 6.15. The molecule has 0 aromatic carbocycles. The van der Waals surface area contributed by atoms with Crippen molar-refractivity contribution in [3.05, 3.63) is 0 Å². The lowest BCUT2D eigenvalue weighted by Crippen LogP contribution is -2.48. The van der Waals surface area contributed by atoms with Crippen LogP contribution in [0.5, 0.6) is 0 Å². The van der Waals surface area contributed by atoms with Crippen molar-refractivity contribution in [2.24, 2.45) is 11.7 Å². The van der Waals surface area contributed by atoms with Crippen molar-refractivity contribution >= 4 is 0 Å². The lowest BCUT2D eigenvalue weighted by molar-refractivity contribution is 0.0797. The lowest BCUT2D eigenvalue weighted by atomic mass is 9.88. The molecular weight excluding hydrogens is 208 g/mol. The first kappa shape index (κ1) is 15.0. The Hall–Kier alpha value is -0.0800. The van der Waals surface area contributed by atoms with Gasteiger partial charge in [-0.3, -0.25) is 4.90 Å². The van der Waals surface area contributed by atoms with Gasteiger partial charge in [-0.2, -0.15) is 0 Å². The van der Waals surface area contributed by atoms with Crippen LogP contribution in [0.1, 0.15) is 66.2 Å². The second kappa shape index (κ2) is 7.38. The molecule has 0 amide bonds. The van der Waals surface area contributed by atoms with E-state index < -0.39 is 0 Å². The standard InChI is InChI=1S/C15H32N2/c1-5-14(6-2)17(11-12(3)4)15-9-7-8-13(16)10-15/h12-15H,5-11,16H2,1-4H3. The van der Waals surface area contributed by atoms with Gasteiger partial charge in [0.1, 0.15) is 0 Å². The van der Waals surface area contributed by atoms with Crippen LogP contribution in [0.2, 0.25) is 0 Å². The Kier molecular flexibility index (Phi) is 6.50. The number of nitrogens with zero attached hydrogens (tertiary/aromatic N) is 1. The average Bonchev–Trinajstić information content (AvgIpc) is 2.29. The van der Waals surface area contributed by atoms with Gasteiger partial charge in [-0.1, -0.05) is 34.1 Å². The van der Waals surface area contributed by atoms with Gasteiger partial charge < -0.3 is 5.73 Å². The fourth-order valence-corrected chi connectivity index (χ4v) is 3.28. The minimum atomic E-state index is 0.442. The molecule has 2 heteroatoms. The molecular formula is C15H32N2. The number of hydrogen-bond donors (Lipinski definition) is 1. The van der Waals surface area contributed by atoms with Crippen LogP contribution in [0.3, 0.4) is 0 Å². The zero-order valence-corrected chi connectivity index (χ0v) is 12.3. The summed E-state index contributed by atoms with van der Waals surface area (Å²) >= 11 is 0. The summed E-state index contributed by atoms with van der Waals surface area (Å²) in [7, 11) is 0. The number of nitrogens with two attached hydrogens (primary N) is 1. The maximum Gasteiger partial charge on any atom is 0.0113 e.